The molecule has 0 atom stereocenters. The number of rotatable bonds is 4. The highest BCUT2D eigenvalue weighted by atomic mass is 19.4. The number of nitrogens with zero attached hydrogens (tertiary/aromatic N) is 3. The SMILES string of the molecule is COc1cc(CN=Nc2ccc(C(F)(F)F)cn2)ccc1O. The van der Waals surface area contributed by atoms with E-state index in [0.717, 1.165) is 17.7 Å². The third-order valence-corrected chi connectivity index (χ3v) is 2.75. The van der Waals surface area contributed by atoms with Crippen LogP contribution in [-0.4, -0.2) is 17.2 Å². The lowest BCUT2D eigenvalue weighted by Gasteiger charge is -2.05. The van der Waals surface area contributed by atoms with Gasteiger partial charge in [-0.3, -0.25) is 0 Å². The molecule has 0 unspecified atom stereocenters. The van der Waals surface area contributed by atoms with Crippen molar-refractivity contribution >= 4 is 5.82 Å². The molecule has 0 saturated carbocycles. The molecule has 0 radical (unpaired) electrons. The molecular formula is C14H12F3N3O2. The number of benzene rings is 1. The maximum Gasteiger partial charge on any atom is 0.417 e. The first-order chi connectivity index (χ1) is 10.4. The van der Waals surface area contributed by atoms with Crippen LogP contribution in [0.5, 0.6) is 11.5 Å². The van der Waals surface area contributed by atoms with Gasteiger partial charge in [0.15, 0.2) is 17.3 Å². The molecule has 8 heteroatoms. The number of hydrogen-bond acceptors (Lipinski definition) is 5. The Morgan fingerprint density at radius 2 is 2.00 bits per heavy atom. The second kappa shape index (κ2) is 6.42. The van der Waals surface area contributed by atoms with Gasteiger partial charge in [0.25, 0.3) is 0 Å². The van der Waals surface area contributed by atoms with Gasteiger partial charge in [-0.1, -0.05) is 6.07 Å². The molecule has 1 aromatic heterocycles. The minimum absolute atomic E-state index is 0.00703. The van der Waals surface area contributed by atoms with Gasteiger partial charge in [0.05, 0.1) is 19.2 Å². The van der Waals surface area contributed by atoms with Crippen molar-refractivity contribution < 1.29 is 23.0 Å². The van der Waals surface area contributed by atoms with Crippen molar-refractivity contribution in [2.24, 2.45) is 10.2 Å². The number of phenols is 1. The molecule has 22 heavy (non-hydrogen) atoms. The molecule has 0 saturated heterocycles. The van der Waals surface area contributed by atoms with E-state index < -0.39 is 11.7 Å². The zero-order valence-electron chi connectivity index (χ0n) is 11.5. The molecule has 116 valence electrons. The summed E-state index contributed by atoms with van der Waals surface area (Å²) in [5, 5.41) is 17.0. The third-order valence-electron chi connectivity index (χ3n) is 2.75. The van der Waals surface area contributed by atoms with Gasteiger partial charge in [0, 0.05) is 6.20 Å². The number of alkyl halides is 3. The number of hydrogen-bond donors (Lipinski definition) is 1. The van der Waals surface area contributed by atoms with Crippen LogP contribution < -0.4 is 4.74 Å². The van der Waals surface area contributed by atoms with Crippen molar-refractivity contribution in [1.82, 2.24) is 4.98 Å². The second-order valence-corrected chi connectivity index (χ2v) is 4.31. The van der Waals surface area contributed by atoms with Gasteiger partial charge in [-0.25, -0.2) is 4.98 Å². The first kappa shape index (κ1) is 15.7. The van der Waals surface area contributed by atoms with E-state index in [2.05, 4.69) is 15.2 Å². The predicted molar refractivity (Wildman–Crippen MR) is 72.1 cm³/mol. The summed E-state index contributed by atoms with van der Waals surface area (Å²) in [6.45, 7) is 0.180. The van der Waals surface area contributed by atoms with Crippen molar-refractivity contribution in [2.45, 2.75) is 12.7 Å². The lowest BCUT2D eigenvalue weighted by molar-refractivity contribution is -0.137. The Morgan fingerprint density at radius 3 is 2.59 bits per heavy atom. The van der Waals surface area contributed by atoms with Gasteiger partial charge in [0.1, 0.15) is 0 Å². The Labute approximate surface area is 124 Å². The number of methoxy groups -OCH3 is 1. The zero-order valence-corrected chi connectivity index (χ0v) is 11.5. The lowest BCUT2D eigenvalue weighted by Crippen LogP contribution is -2.04. The summed E-state index contributed by atoms with van der Waals surface area (Å²) in [6.07, 6.45) is -3.72. The summed E-state index contributed by atoms with van der Waals surface area (Å²) in [7, 11) is 1.42. The standard InChI is InChI=1S/C14H12F3N3O2/c1-22-12-6-9(2-4-11(12)21)7-19-20-13-5-3-10(8-18-13)14(15,16)17/h2-6,8,21H,7H2,1H3. The van der Waals surface area contributed by atoms with Crippen LogP contribution in [0.3, 0.4) is 0 Å². The Kier molecular flexibility index (Phi) is 4.59. The topological polar surface area (TPSA) is 67.1 Å². The van der Waals surface area contributed by atoms with Crippen LogP contribution in [0, 0.1) is 0 Å². The average Bonchev–Trinajstić information content (AvgIpc) is 2.48. The lowest BCUT2D eigenvalue weighted by atomic mass is 10.2. The Hall–Kier alpha value is -2.64. The highest BCUT2D eigenvalue weighted by Gasteiger charge is 2.30. The summed E-state index contributed by atoms with van der Waals surface area (Å²) in [5.41, 5.74) is -0.111. The predicted octanol–water partition coefficient (Wildman–Crippen LogP) is 4.10. The molecule has 5 nitrogen and oxygen atoms in total. The molecule has 1 heterocycles. The normalized spacial score (nSPS) is 11.8. The van der Waals surface area contributed by atoms with E-state index in [1.165, 1.54) is 13.2 Å². The van der Waals surface area contributed by atoms with E-state index in [9.17, 15) is 18.3 Å². The minimum Gasteiger partial charge on any atom is -0.504 e. The number of aromatic nitrogens is 1. The van der Waals surface area contributed by atoms with E-state index in [0.29, 0.717) is 11.9 Å². The molecule has 1 aromatic carbocycles. The Balaban J connectivity index is 2.03. The summed E-state index contributed by atoms with van der Waals surface area (Å²) in [4.78, 5) is 3.58. The largest absolute Gasteiger partial charge is 0.504 e. The summed E-state index contributed by atoms with van der Waals surface area (Å²) in [5.74, 6) is 0.395. The van der Waals surface area contributed by atoms with E-state index in [1.807, 2.05) is 0 Å². The van der Waals surface area contributed by atoms with Gasteiger partial charge in [-0.05, 0) is 29.8 Å². The molecule has 2 aromatic rings. The fourth-order valence-corrected chi connectivity index (χ4v) is 1.62. The van der Waals surface area contributed by atoms with Gasteiger partial charge in [-0.15, -0.1) is 5.11 Å². The highest BCUT2D eigenvalue weighted by molar-refractivity contribution is 5.41. The van der Waals surface area contributed by atoms with Crippen LogP contribution in [0.25, 0.3) is 0 Å². The summed E-state index contributed by atoms with van der Waals surface area (Å²) in [6, 6.07) is 6.72. The molecule has 0 spiro atoms. The van der Waals surface area contributed by atoms with E-state index in [-0.39, 0.29) is 18.1 Å². The number of phenolic OH excluding ortho intramolecular Hbond substituents is 1. The van der Waals surface area contributed by atoms with Crippen LogP contribution in [0.15, 0.2) is 46.8 Å². The van der Waals surface area contributed by atoms with Crippen molar-refractivity contribution in [3.05, 3.63) is 47.7 Å². The van der Waals surface area contributed by atoms with Crippen LogP contribution in [0.2, 0.25) is 0 Å². The van der Waals surface area contributed by atoms with Gasteiger partial charge < -0.3 is 9.84 Å². The van der Waals surface area contributed by atoms with Crippen molar-refractivity contribution in [2.75, 3.05) is 7.11 Å². The molecule has 0 fully saturated rings. The van der Waals surface area contributed by atoms with Gasteiger partial charge in [-0.2, -0.15) is 18.3 Å². The fourth-order valence-electron chi connectivity index (χ4n) is 1.62. The number of pyridine rings is 1. The quantitative estimate of drug-likeness (QED) is 0.864. The molecular weight excluding hydrogens is 299 g/mol. The van der Waals surface area contributed by atoms with Crippen molar-refractivity contribution in [1.29, 1.82) is 0 Å². The maximum atomic E-state index is 12.4. The average molecular weight is 311 g/mol. The zero-order chi connectivity index (χ0) is 16.2. The first-order valence-electron chi connectivity index (χ1n) is 6.17. The summed E-state index contributed by atoms with van der Waals surface area (Å²) < 4.78 is 42.1. The van der Waals surface area contributed by atoms with Crippen LogP contribution in [-0.2, 0) is 12.7 Å². The molecule has 0 aliphatic carbocycles. The molecule has 0 aliphatic heterocycles. The first-order valence-corrected chi connectivity index (χ1v) is 6.17. The van der Waals surface area contributed by atoms with Crippen molar-refractivity contribution in [3.8, 4) is 11.5 Å². The summed E-state index contributed by atoms with van der Waals surface area (Å²) >= 11 is 0. The van der Waals surface area contributed by atoms with E-state index >= 15 is 0 Å². The van der Waals surface area contributed by atoms with E-state index in [1.54, 1.807) is 12.1 Å². The number of ether oxygens (including phenoxy) is 1. The molecule has 1 N–H and O–H groups in total. The smallest absolute Gasteiger partial charge is 0.417 e. The van der Waals surface area contributed by atoms with Gasteiger partial charge in [0.2, 0.25) is 0 Å². The number of azo groups is 1. The van der Waals surface area contributed by atoms with E-state index in [4.69, 9.17) is 4.74 Å². The van der Waals surface area contributed by atoms with Crippen LogP contribution in [0.4, 0.5) is 19.0 Å². The highest BCUT2D eigenvalue weighted by Crippen LogP contribution is 2.29. The van der Waals surface area contributed by atoms with Crippen molar-refractivity contribution in [3.63, 3.8) is 0 Å². The molecule has 0 bridgehead atoms. The molecule has 0 amide bonds. The second-order valence-electron chi connectivity index (χ2n) is 4.31. The maximum absolute atomic E-state index is 12.4. The van der Waals surface area contributed by atoms with Crippen LogP contribution >= 0.6 is 0 Å². The minimum atomic E-state index is -4.43. The van der Waals surface area contributed by atoms with Crippen LogP contribution in [0.1, 0.15) is 11.1 Å². The van der Waals surface area contributed by atoms with Gasteiger partial charge >= 0.3 is 6.18 Å². The molecule has 2 rings (SSSR count). The number of aromatic hydroxyl groups is 1. The monoisotopic (exact) mass is 311 g/mol. The molecule has 0 aliphatic rings. The Bertz CT molecular complexity index is 670. The Morgan fingerprint density at radius 1 is 1.23 bits per heavy atom. The number of halogens is 3. The third kappa shape index (κ3) is 3.94. The fraction of sp³-hybridized carbons (Fsp3) is 0.214.